The average Bonchev–Trinajstić information content (AvgIpc) is 3.09. The summed E-state index contributed by atoms with van der Waals surface area (Å²) in [7, 11) is 0. The van der Waals surface area contributed by atoms with E-state index in [4.69, 9.17) is 11.6 Å². The standard InChI is InChI=1S/C30H25ClN2O3/c1-30(2,3)23-14-7-8-15-24(23)33-25(34)17-22(20-11-5-4-6-12-20)26-27(33)29(36)32(28(26)35)18-19-10-9-13-21(31)16-19/h4-17H,18H2,1-3H3. The monoisotopic (exact) mass is 496 g/mol. The Bertz CT molecular complexity index is 1570. The van der Waals surface area contributed by atoms with Crippen molar-refractivity contribution in [2.24, 2.45) is 0 Å². The van der Waals surface area contributed by atoms with E-state index in [1.807, 2.05) is 81.4 Å². The molecule has 0 radical (unpaired) electrons. The summed E-state index contributed by atoms with van der Waals surface area (Å²) < 4.78 is 1.40. The van der Waals surface area contributed by atoms with Gasteiger partial charge >= 0.3 is 0 Å². The van der Waals surface area contributed by atoms with Gasteiger partial charge < -0.3 is 0 Å². The van der Waals surface area contributed by atoms with E-state index in [0.29, 0.717) is 21.8 Å². The summed E-state index contributed by atoms with van der Waals surface area (Å²) in [5.74, 6) is -0.940. The average molecular weight is 497 g/mol. The van der Waals surface area contributed by atoms with Crippen LogP contribution in [0.25, 0.3) is 16.8 Å². The fraction of sp³-hybridized carbons (Fsp3) is 0.167. The second kappa shape index (κ2) is 8.92. The van der Waals surface area contributed by atoms with Crippen molar-refractivity contribution in [1.29, 1.82) is 0 Å². The molecule has 6 heteroatoms. The number of rotatable bonds is 4. The van der Waals surface area contributed by atoms with E-state index in [1.54, 1.807) is 18.2 Å². The minimum atomic E-state index is -0.506. The van der Waals surface area contributed by atoms with Crippen molar-refractivity contribution >= 4 is 23.4 Å². The molecular formula is C30H25ClN2O3. The lowest BCUT2D eigenvalue weighted by Crippen LogP contribution is -2.31. The molecule has 0 atom stereocenters. The van der Waals surface area contributed by atoms with E-state index < -0.39 is 11.8 Å². The van der Waals surface area contributed by atoms with Crippen molar-refractivity contribution in [3.8, 4) is 16.8 Å². The van der Waals surface area contributed by atoms with Crippen molar-refractivity contribution in [2.45, 2.75) is 32.7 Å². The molecule has 5 rings (SSSR count). The van der Waals surface area contributed by atoms with Gasteiger partial charge in [0.15, 0.2) is 0 Å². The predicted molar refractivity (Wildman–Crippen MR) is 142 cm³/mol. The largest absolute Gasteiger partial charge is 0.278 e. The van der Waals surface area contributed by atoms with Gasteiger partial charge in [0.1, 0.15) is 5.69 Å². The highest BCUT2D eigenvalue weighted by Crippen LogP contribution is 2.36. The molecule has 0 saturated heterocycles. The molecular weight excluding hydrogens is 472 g/mol. The molecule has 3 aromatic carbocycles. The van der Waals surface area contributed by atoms with Crippen LogP contribution in [0.3, 0.4) is 0 Å². The van der Waals surface area contributed by atoms with Crippen LogP contribution in [-0.4, -0.2) is 21.3 Å². The van der Waals surface area contributed by atoms with E-state index in [-0.39, 0.29) is 28.8 Å². The normalized spacial score (nSPS) is 13.3. The number of amides is 2. The van der Waals surface area contributed by atoms with E-state index in [9.17, 15) is 14.4 Å². The van der Waals surface area contributed by atoms with Gasteiger partial charge in [-0.1, -0.05) is 93.0 Å². The number of hydrogen-bond donors (Lipinski definition) is 0. The van der Waals surface area contributed by atoms with Gasteiger partial charge in [-0.15, -0.1) is 0 Å². The Hall–Kier alpha value is -3.96. The molecule has 36 heavy (non-hydrogen) atoms. The number of fused-ring (bicyclic) bond motifs is 1. The Balaban J connectivity index is 1.78. The molecule has 0 bridgehead atoms. The number of nitrogens with zero attached hydrogens (tertiary/aromatic N) is 2. The van der Waals surface area contributed by atoms with Crippen LogP contribution in [-0.2, 0) is 12.0 Å². The van der Waals surface area contributed by atoms with Gasteiger partial charge in [0.05, 0.1) is 17.8 Å². The second-order valence-corrected chi connectivity index (χ2v) is 10.4. The summed E-state index contributed by atoms with van der Waals surface area (Å²) in [6.45, 7) is 6.20. The number of para-hydroxylation sites is 1. The van der Waals surface area contributed by atoms with Crippen molar-refractivity contribution in [1.82, 2.24) is 9.47 Å². The summed E-state index contributed by atoms with van der Waals surface area (Å²) in [4.78, 5) is 42.6. The summed E-state index contributed by atoms with van der Waals surface area (Å²) >= 11 is 6.15. The molecule has 0 spiro atoms. The zero-order valence-corrected chi connectivity index (χ0v) is 21.0. The van der Waals surface area contributed by atoms with Gasteiger partial charge in [-0.05, 0) is 40.3 Å². The van der Waals surface area contributed by atoms with Crippen molar-refractivity contribution in [3.05, 3.63) is 123 Å². The lowest BCUT2D eigenvalue weighted by Gasteiger charge is -2.24. The predicted octanol–water partition coefficient (Wildman–Crippen LogP) is 6.25. The molecule has 0 saturated carbocycles. The number of aromatic nitrogens is 1. The summed E-state index contributed by atoms with van der Waals surface area (Å²) in [5, 5.41) is 0.519. The van der Waals surface area contributed by atoms with E-state index >= 15 is 0 Å². The Morgan fingerprint density at radius 1 is 0.778 bits per heavy atom. The summed E-state index contributed by atoms with van der Waals surface area (Å²) in [6, 6.07) is 25.2. The molecule has 1 aliphatic rings. The second-order valence-electron chi connectivity index (χ2n) is 9.91. The van der Waals surface area contributed by atoms with E-state index in [0.717, 1.165) is 11.1 Å². The number of benzene rings is 3. The zero-order valence-electron chi connectivity index (χ0n) is 20.3. The molecule has 0 aliphatic carbocycles. The Labute approximate surface area is 214 Å². The van der Waals surface area contributed by atoms with Crippen LogP contribution in [0.1, 0.15) is 52.7 Å². The minimum absolute atomic E-state index is 0.0518. The highest BCUT2D eigenvalue weighted by atomic mass is 35.5. The quantitative estimate of drug-likeness (QED) is 0.314. The van der Waals surface area contributed by atoms with E-state index in [1.165, 1.54) is 15.5 Å². The van der Waals surface area contributed by atoms with Gasteiger partial charge in [-0.2, -0.15) is 0 Å². The lowest BCUT2D eigenvalue weighted by atomic mass is 9.85. The first-order valence-corrected chi connectivity index (χ1v) is 12.1. The third kappa shape index (κ3) is 4.06. The Kier molecular flexibility index (Phi) is 5.89. The SMILES string of the molecule is CC(C)(C)c1ccccc1-n1c2c(c(-c3ccccc3)cc1=O)C(=O)N(Cc1cccc(Cl)c1)C2=O. The molecule has 0 N–H and O–H groups in total. The molecule has 5 nitrogen and oxygen atoms in total. The highest BCUT2D eigenvalue weighted by Gasteiger charge is 2.41. The van der Waals surface area contributed by atoms with Crippen molar-refractivity contribution in [2.75, 3.05) is 0 Å². The third-order valence-corrected chi connectivity index (χ3v) is 6.63. The molecule has 2 heterocycles. The number of carbonyl (C=O) groups is 2. The zero-order chi connectivity index (χ0) is 25.6. The van der Waals surface area contributed by atoms with Crippen LogP contribution < -0.4 is 5.56 Å². The smallest absolute Gasteiger partial charge is 0.271 e. The molecule has 0 unspecified atom stereocenters. The Morgan fingerprint density at radius 2 is 1.47 bits per heavy atom. The number of hydrogen-bond acceptors (Lipinski definition) is 3. The third-order valence-electron chi connectivity index (χ3n) is 6.39. The maximum Gasteiger partial charge on any atom is 0.278 e. The Morgan fingerprint density at radius 3 is 2.17 bits per heavy atom. The van der Waals surface area contributed by atoms with Gasteiger partial charge in [0, 0.05) is 16.7 Å². The molecule has 0 fully saturated rings. The molecule has 180 valence electrons. The van der Waals surface area contributed by atoms with Gasteiger partial charge in [-0.25, -0.2) is 0 Å². The molecule has 2 amide bonds. The van der Waals surface area contributed by atoms with Crippen LogP contribution in [0.15, 0.2) is 89.7 Å². The lowest BCUT2D eigenvalue weighted by molar-refractivity contribution is 0.0639. The van der Waals surface area contributed by atoms with E-state index in [2.05, 4.69) is 0 Å². The van der Waals surface area contributed by atoms with Crippen LogP contribution >= 0.6 is 11.6 Å². The first kappa shape index (κ1) is 23.8. The van der Waals surface area contributed by atoms with Crippen LogP contribution in [0.4, 0.5) is 0 Å². The number of carbonyl (C=O) groups excluding carboxylic acids is 2. The first-order valence-electron chi connectivity index (χ1n) is 11.7. The molecule has 4 aromatic rings. The van der Waals surface area contributed by atoms with Crippen LogP contribution in [0.5, 0.6) is 0 Å². The summed E-state index contributed by atoms with van der Waals surface area (Å²) in [6.07, 6.45) is 0. The fourth-order valence-corrected chi connectivity index (χ4v) is 4.95. The summed E-state index contributed by atoms with van der Waals surface area (Å²) in [5.41, 5.74) is 3.03. The topological polar surface area (TPSA) is 59.4 Å². The van der Waals surface area contributed by atoms with Gasteiger partial charge in [0.25, 0.3) is 17.4 Å². The van der Waals surface area contributed by atoms with Gasteiger partial charge in [0.2, 0.25) is 0 Å². The highest BCUT2D eigenvalue weighted by molar-refractivity contribution is 6.30. The number of pyridine rings is 1. The number of imide groups is 1. The van der Waals surface area contributed by atoms with Crippen molar-refractivity contribution in [3.63, 3.8) is 0 Å². The van der Waals surface area contributed by atoms with Gasteiger partial charge in [-0.3, -0.25) is 23.9 Å². The van der Waals surface area contributed by atoms with Crippen LogP contribution in [0, 0.1) is 0 Å². The maximum absolute atomic E-state index is 13.9. The first-order chi connectivity index (χ1) is 17.2. The maximum atomic E-state index is 13.9. The fourth-order valence-electron chi connectivity index (χ4n) is 4.73. The molecule has 1 aromatic heterocycles. The number of halogens is 1. The molecule has 1 aliphatic heterocycles. The van der Waals surface area contributed by atoms with Crippen LogP contribution in [0.2, 0.25) is 5.02 Å². The van der Waals surface area contributed by atoms with Crippen molar-refractivity contribution < 1.29 is 9.59 Å². The minimum Gasteiger partial charge on any atom is -0.271 e.